The number of aliphatic carboxylic acids is 1. The minimum absolute atomic E-state index is 0.127. The molecule has 5 heteroatoms. The van der Waals surface area contributed by atoms with E-state index >= 15 is 0 Å². The first kappa shape index (κ1) is 10.0. The van der Waals surface area contributed by atoms with Gasteiger partial charge < -0.3 is 15.9 Å². The third-order valence-corrected chi connectivity index (χ3v) is 2.26. The largest absolute Gasteiger partial charge is 0.506 e. The molecule has 1 aromatic rings. The maximum absolute atomic E-state index is 10.5. The summed E-state index contributed by atoms with van der Waals surface area (Å²) >= 11 is 3.06. The highest BCUT2D eigenvalue weighted by atomic mass is 79.9. The molecule has 0 amide bonds. The molecule has 0 aliphatic rings. The number of hydrogen-bond acceptors (Lipinski definition) is 3. The molecule has 4 nitrogen and oxygen atoms in total. The summed E-state index contributed by atoms with van der Waals surface area (Å²) in [4.78, 5) is 10.5. The van der Waals surface area contributed by atoms with Crippen LogP contribution in [-0.4, -0.2) is 16.2 Å². The Morgan fingerprint density at radius 3 is 2.69 bits per heavy atom. The second-order valence-electron chi connectivity index (χ2n) is 2.49. The molecule has 0 bridgehead atoms. The Balaban J connectivity index is 3.15. The summed E-state index contributed by atoms with van der Waals surface area (Å²) in [5.41, 5.74) is 5.52. The monoisotopic (exact) mass is 245 g/mol. The molecule has 0 spiro atoms. The first-order valence-electron chi connectivity index (χ1n) is 3.50. The number of carboxylic acid groups (broad SMARTS) is 1. The van der Waals surface area contributed by atoms with Crippen LogP contribution in [0, 0.1) is 0 Å². The predicted octanol–water partition coefficient (Wildman–Crippen LogP) is 1.24. The van der Waals surface area contributed by atoms with Crippen molar-refractivity contribution >= 4 is 21.9 Å². The van der Waals surface area contributed by atoms with E-state index in [2.05, 4.69) is 15.9 Å². The van der Waals surface area contributed by atoms with Crippen molar-refractivity contribution in [3.8, 4) is 5.75 Å². The van der Waals surface area contributed by atoms with E-state index < -0.39 is 12.0 Å². The van der Waals surface area contributed by atoms with Crippen molar-refractivity contribution in [3.05, 3.63) is 28.2 Å². The van der Waals surface area contributed by atoms with Crippen molar-refractivity contribution in [2.24, 2.45) is 5.73 Å². The zero-order valence-corrected chi connectivity index (χ0v) is 8.15. The summed E-state index contributed by atoms with van der Waals surface area (Å²) in [7, 11) is 0. The van der Waals surface area contributed by atoms with Crippen LogP contribution in [0.4, 0.5) is 0 Å². The van der Waals surface area contributed by atoms with Crippen molar-refractivity contribution < 1.29 is 15.0 Å². The van der Waals surface area contributed by atoms with E-state index in [-0.39, 0.29) is 11.3 Å². The number of nitrogens with two attached hydrogens (primary N) is 1. The van der Waals surface area contributed by atoms with Gasteiger partial charge in [0.25, 0.3) is 0 Å². The maximum atomic E-state index is 10.5. The van der Waals surface area contributed by atoms with Crippen molar-refractivity contribution in [1.29, 1.82) is 0 Å². The van der Waals surface area contributed by atoms with Gasteiger partial charge in [-0.3, -0.25) is 4.79 Å². The van der Waals surface area contributed by atoms with Crippen LogP contribution >= 0.6 is 15.9 Å². The second-order valence-corrected chi connectivity index (χ2v) is 3.35. The highest BCUT2D eigenvalue weighted by Gasteiger charge is 2.18. The van der Waals surface area contributed by atoms with Gasteiger partial charge in [-0.15, -0.1) is 0 Å². The lowest BCUT2D eigenvalue weighted by atomic mass is 10.1. The Morgan fingerprint density at radius 2 is 2.15 bits per heavy atom. The topological polar surface area (TPSA) is 83.6 Å². The second kappa shape index (κ2) is 3.76. The van der Waals surface area contributed by atoms with E-state index in [1.807, 2.05) is 0 Å². The standard InChI is InChI=1S/C8H8BrNO3/c9-5-3-1-2-4(7(5)11)6(10)8(12)13/h1-3,6,11H,10H2,(H,12,13)/t6-/m0/s1. The van der Waals surface area contributed by atoms with Gasteiger partial charge in [-0.1, -0.05) is 12.1 Å². The minimum Gasteiger partial charge on any atom is -0.506 e. The van der Waals surface area contributed by atoms with Crippen LogP contribution in [0.2, 0.25) is 0 Å². The summed E-state index contributed by atoms with van der Waals surface area (Å²) < 4.78 is 0.432. The van der Waals surface area contributed by atoms with Crippen LogP contribution in [0.5, 0.6) is 5.75 Å². The number of phenols is 1. The predicted molar refractivity (Wildman–Crippen MR) is 50.4 cm³/mol. The van der Waals surface area contributed by atoms with Gasteiger partial charge in [-0.25, -0.2) is 0 Å². The smallest absolute Gasteiger partial charge is 0.325 e. The number of carboxylic acids is 1. The molecule has 1 rings (SSSR count). The number of carbonyl (C=O) groups is 1. The molecule has 13 heavy (non-hydrogen) atoms. The number of aromatic hydroxyl groups is 1. The van der Waals surface area contributed by atoms with Crippen LogP contribution in [0.25, 0.3) is 0 Å². The SMILES string of the molecule is N[C@H](C(=O)O)c1cccc(Br)c1O. The molecule has 1 atom stereocenters. The number of phenolic OH excluding ortho intramolecular Hbond substituents is 1. The average Bonchev–Trinajstić information content (AvgIpc) is 2.08. The fourth-order valence-corrected chi connectivity index (χ4v) is 1.30. The molecule has 0 fully saturated rings. The molecule has 4 N–H and O–H groups in total. The quantitative estimate of drug-likeness (QED) is 0.732. The van der Waals surface area contributed by atoms with Gasteiger partial charge in [-0.2, -0.15) is 0 Å². The van der Waals surface area contributed by atoms with E-state index in [1.165, 1.54) is 6.07 Å². The first-order valence-corrected chi connectivity index (χ1v) is 4.29. The summed E-state index contributed by atoms with van der Waals surface area (Å²) in [5, 5.41) is 18.0. The van der Waals surface area contributed by atoms with Crippen LogP contribution in [0.15, 0.2) is 22.7 Å². The fraction of sp³-hybridized carbons (Fsp3) is 0.125. The lowest BCUT2D eigenvalue weighted by Crippen LogP contribution is -2.20. The van der Waals surface area contributed by atoms with Gasteiger partial charge in [0.2, 0.25) is 0 Å². The van der Waals surface area contributed by atoms with E-state index in [4.69, 9.17) is 10.8 Å². The summed E-state index contributed by atoms with van der Waals surface area (Å²) in [6.07, 6.45) is 0. The Bertz CT molecular complexity index is 340. The Hall–Kier alpha value is -1.07. The Kier molecular flexibility index (Phi) is 2.90. The molecule has 0 saturated heterocycles. The highest BCUT2D eigenvalue weighted by Crippen LogP contribution is 2.30. The molecule has 0 aromatic heterocycles. The van der Waals surface area contributed by atoms with Crippen LogP contribution in [0.1, 0.15) is 11.6 Å². The van der Waals surface area contributed by atoms with E-state index in [9.17, 15) is 9.90 Å². The van der Waals surface area contributed by atoms with Gasteiger partial charge in [0.05, 0.1) is 4.47 Å². The molecule has 1 aromatic carbocycles. The third-order valence-electron chi connectivity index (χ3n) is 1.62. The molecule has 0 aliphatic heterocycles. The highest BCUT2D eigenvalue weighted by molar-refractivity contribution is 9.10. The zero-order chi connectivity index (χ0) is 10.0. The lowest BCUT2D eigenvalue weighted by Gasteiger charge is -2.09. The van der Waals surface area contributed by atoms with E-state index in [1.54, 1.807) is 12.1 Å². The molecular formula is C8H8BrNO3. The van der Waals surface area contributed by atoms with Gasteiger partial charge in [0, 0.05) is 5.56 Å². The number of hydrogen-bond donors (Lipinski definition) is 3. The normalized spacial score (nSPS) is 12.5. The van der Waals surface area contributed by atoms with Crippen molar-refractivity contribution in [2.45, 2.75) is 6.04 Å². The van der Waals surface area contributed by atoms with E-state index in [0.717, 1.165) is 0 Å². The van der Waals surface area contributed by atoms with Crippen LogP contribution < -0.4 is 5.73 Å². The Labute approximate surface area is 83.1 Å². The molecule has 0 aliphatic carbocycles. The number of halogens is 1. The molecule has 0 saturated carbocycles. The average molecular weight is 246 g/mol. The molecule has 0 radical (unpaired) electrons. The summed E-state index contributed by atoms with van der Waals surface area (Å²) in [6, 6.07) is 3.49. The maximum Gasteiger partial charge on any atom is 0.325 e. The Morgan fingerprint density at radius 1 is 1.54 bits per heavy atom. The lowest BCUT2D eigenvalue weighted by molar-refractivity contribution is -0.138. The zero-order valence-electron chi connectivity index (χ0n) is 6.57. The number of benzene rings is 1. The number of rotatable bonds is 2. The molecule has 70 valence electrons. The van der Waals surface area contributed by atoms with Gasteiger partial charge in [0.15, 0.2) is 0 Å². The van der Waals surface area contributed by atoms with Crippen molar-refractivity contribution in [2.75, 3.05) is 0 Å². The third kappa shape index (κ3) is 1.99. The fourth-order valence-electron chi connectivity index (χ4n) is 0.916. The van der Waals surface area contributed by atoms with Gasteiger partial charge in [0.1, 0.15) is 11.8 Å². The minimum atomic E-state index is -1.20. The molecular weight excluding hydrogens is 238 g/mol. The van der Waals surface area contributed by atoms with Crippen LogP contribution in [-0.2, 0) is 4.79 Å². The number of para-hydroxylation sites is 1. The van der Waals surface area contributed by atoms with Crippen molar-refractivity contribution in [3.63, 3.8) is 0 Å². The summed E-state index contributed by atoms with van der Waals surface area (Å²) in [6.45, 7) is 0. The van der Waals surface area contributed by atoms with Gasteiger partial charge >= 0.3 is 5.97 Å². The van der Waals surface area contributed by atoms with E-state index in [0.29, 0.717) is 4.47 Å². The van der Waals surface area contributed by atoms with Crippen molar-refractivity contribution in [1.82, 2.24) is 0 Å². The molecule has 0 unspecified atom stereocenters. The first-order chi connectivity index (χ1) is 6.04. The van der Waals surface area contributed by atoms with Crippen LogP contribution in [0.3, 0.4) is 0 Å². The molecule has 0 heterocycles. The summed E-state index contributed by atoms with van der Waals surface area (Å²) in [5.74, 6) is -1.30. The van der Waals surface area contributed by atoms with Gasteiger partial charge in [-0.05, 0) is 22.0 Å².